The minimum absolute atomic E-state index is 0.114. The Morgan fingerprint density at radius 2 is 2.04 bits per heavy atom. The SMILES string of the molecule is CCc1nc2ccccc2n1CC(=O)Nc1cccc(-n2nnnc2SC)c1. The number of fused-ring (bicyclic) bond motifs is 1. The van der Waals surface area contributed by atoms with Crippen molar-refractivity contribution in [3.05, 3.63) is 54.4 Å². The van der Waals surface area contributed by atoms with Gasteiger partial charge in [0.05, 0.1) is 16.7 Å². The molecular formula is C19H19N7OS. The van der Waals surface area contributed by atoms with Crippen LogP contribution in [0.25, 0.3) is 16.7 Å². The van der Waals surface area contributed by atoms with Crippen molar-refractivity contribution in [3.8, 4) is 5.69 Å². The number of aromatic nitrogens is 6. The third-order valence-electron chi connectivity index (χ3n) is 4.35. The van der Waals surface area contributed by atoms with E-state index in [-0.39, 0.29) is 12.5 Å². The van der Waals surface area contributed by atoms with E-state index in [0.29, 0.717) is 10.8 Å². The smallest absolute Gasteiger partial charge is 0.244 e. The molecule has 28 heavy (non-hydrogen) atoms. The zero-order chi connectivity index (χ0) is 19.5. The number of thioether (sulfide) groups is 1. The standard InChI is InChI=1S/C19H19N7OS/c1-3-17-21-15-9-4-5-10-16(15)25(17)12-18(27)20-13-7-6-8-14(11-13)26-19(28-2)22-23-24-26/h4-11H,3,12H2,1-2H3,(H,20,27). The number of nitrogens with zero attached hydrogens (tertiary/aromatic N) is 6. The van der Waals surface area contributed by atoms with E-state index in [1.165, 1.54) is 11.8 Å². The summed E-state index contributed by atoms with van der Waals surface area (Å²) >= 11 is 1.45. The Bertz CT molecular complexity index is 1130. The van der Waals surface area contributed by atoms with Crippen LogP contribution in [-0.4, -0.2) is 41.9 Å². The number of para-hydroxylation sites is 2. The van der Waals surface area contributed by atoms with Gasteiger partial charge < -0.3 is 9.88 Å². The van der Waals surface area contributed by atoms with Crippen LogP contribution in [0.5, 0.6) is 0 Å². The van der Waals surface area contributed by atoms with Crippen LogP contribution in [-0.2, 0) is 17.8 Å². The molecule has 4 aromatic rings. The van der Waals surface area contributed by atoms with E-state index in [0.717, 1.165) is 29.0 Å². The van der Waals surface area contributed by atoms with E-state index in [4.69, 9.17) is 0 Å². The van der Waals surface area contributed by atoms with Crippen molar-refractivity contribution in [2.75, 3.05) is 11.6 Å². The van der Waals surface area contributed by atoms with E-state index in [2.05, 4.69) is 25.8 Å². The second-order valence-corrected chi connectivity index (χ2v) is 6.91. The minimum atomic E-state index is -0.114. The lowest BCUT2D eigenvalue weighted by molar-refractivity contribution is -0.116. The fourth-order valence-electron chi connectivity index (χ4n) is 3.10. The first-order valence-electron chi connectivity index (χ1n) is 8.86. The van der Waals surface area contributed by atoms with Crippen molar-refractivity contribution >= 4 is 34.4 Å². The van der Waals surface area contributed by atoms with Gasteiger partial charge in [-0.05, 0) is 47.0 Å². The molecule has 4 rings (SSSR count). The lowest BCUT2D eigenvalue weighted by atomic mass is 10.2. The van der Waals surface area contributed by atoms with Gasteiger partial charge in [-0.25, -0.2) is 4.98 Å². The molecule has 9 heteroatoms. The maximum Gasteiger partial charge on any atom is 0.244 e. The van der Waals surface area contributed by atoms with Crippen LogP contribution >= 0.6 is 11.8 Å². The number of amides is 1. The van der Waals surface area contributed by atoms with Crippen LogP contribution < -0.4 is 5.32 Å². The number of tetrazole rings is 1. The molecule has 8 nitrogen and oxygen atoms in total. The largest absolute Gasteiger partial charge is 0.324 e. The van der Waals surface area contributed by atoms with Crippen LogP contribution in [0.15, 0.2) is 53.7 Å². The first kappa shape index (κ1) is 18.2. The number of hydrogen-bond acceptors (Lipinski definition) is 6. The van der Waals surface area contributed by atoms with Gasteiger partial charge in [0, 0.05) is 12.1 Å². The summed E-state index contributed by atoms with van der Waals surface area (Å²) in [5.41, 5.74) is 3.33. The zero-order valence-corrected chi connectivity index (χ0v) is 16.3. The zero-order valence-electron chi connectivity index (χ0n) is 15.5. The van der Waals surface area contributed by atoms with E-state index >= 15 is 0 Å². The number of aryl methyl sites for hydroxylation is 1. The first-order valence-corrected chi connectivity index (χ1v) is 10.1. The van der Waals surface area contributed by atoms with Crippen LogP contribution in [0.4, 0.5) is 5.69 Å². The average Bonchev–Trinajstić information content (AvgIpc) is 3.33. The number of benzene rings is 2. The lowest BCUT2D eigenvalue weighted by Crippen LogP contribution is -2.20. The number of rotatable bonds is 6. The van der Waals surface area contributed by atoms with Gasteiger partial charge in [-0.15, -0.1) is 5.10 Å². The number of nitrogens with one attached hydrogen (secondary N) is 1. The molecule has 0 saturated heterocycles. The maximum atomic E-state index is 12.7. The van der Waals surface area contributed by atoms with E-state index < -0.39 is 0 Å². The highest BCUT2D eigenvalue weighted by atomic mass is 32.2. The summed E-state index contributed by atoms with van der Waals surface area (Å²) in [4.78, 5) is 17.3. The molecule has 142 valence electrons. The quantitative estimate of drug-likeness (QED) is 0.507. The molecule has 0 aliphatic carbocycles. The molecule has 0 unspecified atom stereocenters. The molecule has 0 radical (unpaired) electrons. The topological polar surface area (TPSA) is 90.5 Å². The first-order chi connectivity index (χ1) is 13.7. The molecule has 2 aromatic carbocycles. The normalized spacial score (nSPS) is 11.1. The summed E-state index contributed by atoms with van der Waals surface area (Å²) in [6.07, 6.45) is 2.67. The Balaban J connectivity index is 1.56. The number of anilines is 1. The second-order valence-electron chi connectivity index (χ2n) is 6.13. The summed E-state index contributed by atoms with van der Waals surface area (Å²) in [6.45, 7) is 2.24. The molecule has 0 spiro atoms. The van der Waals surface area contributed by atoms with Crippen molar-refractivity contribution in [2.45, 2.75) is 25.0 Å². The third-order valence-corrected chi connectivity index (χ3v) is 4.97. The highest BCUT2D eigenvalue weighted by Crippen LogP contribution is 2.20. The van der Waals surface area contributed by atoms with Gasteiger partial charge in [-0.2, -0.15) is 4.68 Å². The van der Waals surface area contributed by atoms with E-state index in [9.17, 15) is 4.79 Å². The Morgan fingerprint density at radius 1 is 1.18 bits per heavy atom. The van der Waals surface area contributed by atoms with Crippen molar-refractivity contribution in [1.82, 2.24) is 29.8 Å². The summed E-state index contributed by atoms with van der Waals surface area (Å²) in [5, 5.41) is 15.3. The predicted octanol–water partition coefficient (Wildman–Crippen LogP) is 2.94. The van der Waals surface area contributed by atoms with E-state index in [1.807, 2.05) is 66.3 Å². The van der Waals surface area contributed by atoms with Crippen molar-refractivity contribution in [1.29, 1.82) is 0 Å². The maximum absolute atomic E-state index is 12.7. The number of carbonyl (C=O) groups is 1. The highest BCUT2D eigenvalue weighted by Gasteiger charge is 2.13. The molecule has 1 amide bonds. The van der Waals surface area contributed by atoms with Crippen LogP contribution in [0, 0.1) is 0 Å². The molecule has 1 N–H and O–H groups in total. The summed E-state index contributed by atoms with van der Waals surface area (Å²) < 4.78 is 3.60. The van der Waals surface area contributed by atoms with E-state index in [1.54, 1.807) is 4.68 Å². The summed E-state index contributed by atoms with van der Waals surface area (Å²) in [7, 11) is 0. The molecule has 0 bridgehead atoms. The van der Waals surface area contributed by atoms with Gasteiger partial charge in [-0.1, -0.05) is 36.9 Å². The molecule has 0 saturated carbocycles. The Morgan fingerprint density at radius 3 is 2.86 bits per heavy atom. The summed E-state index contributed by atoms with van der Waals surface area (Å²) in [5.74, 6) is 0.778. The van der Waals surface area contributed by atoms with Crippen molar-refractivity contribution < 1.29 is 4.79 Å². The fraction of sp³-hybridized carbons (Fsp3) is 0.211. The van der Waals surface area contributed by atoms with Gasteiger partial charge in [0.25, 0.3) is 0 Å². The Kier molecular flexibility index (Phi) is 5.07. The molecule has 0 aliphatic heterocycles. The molecule has 0 aliphatic rings. The lowest BCUT2D eigenvalue weighted by Gasteiger charge is -2.10. The number of carbonyl (C=O) groups excluding carboxylic acids is 1. The Labute approximate surface area is 166 Å². The van der Waals surface area contributed by atoms with Gasteiger partial charge >= 0.3 is 0 Å². The second kappa shape index (κ2) is 7.81. The number of imidazole rings is 1. The Hall–Kier alpha value is -3.20. The molecule has 2 heterocycles. The average molecular weight is 393 g/mol. The summed E-state index contributed by atoms with van der Waals surface area (Å²) in [6, 6.07) is 15.3. The molecule has 0 atom stereocenters. The molecule has 0 fully saturated rings. The fourth-order valence-corrected chi connectivity index (χ4v) is 3.53. The highest BCUT2D eigenvalue weighted by molar-refractivity contribution is 7.98. The van der Waals surface area contributed by atoms with Gasteiger partial charge in [0.15, 0.2) is 0 Å². The van der Waals surface area contributed by atoms with Crippen LogP contribution in [0.2, 0.25) is 0 Å². The molecule has 2 aromatic heterocycles. The van der Waals surface area contributed by atoms with Gasteiger partial charge in [0.2, 0.25) is 11.1 Å². The van der Waals surface area contributed by atoms with Gasteiger partial charge in [0.1, 0.15) is 12.4 Å². The van der Waals surface area contributed by atoms with Crippen LogP contribution in [0.1, 0.15) is 12.7 Å². The van der Waals surface area contributed by atoms with Crippen molar-refractivity contribution in [3.63, 3.8) is 0 Å². The monoisotopic (exact) mass is 393 g/mol. The van der Waals surface area contributed by atoms with Crippen molar-refractivity contribution in [2.24, 2.45) is 0 Å². The van der Waals surface area contributed by atoms with Crippen LogP contribution in [0.3, 0.4) is 0 Å². The van der Waals surface area contributed by atoms with Gasteiger partial charge in [-0.3, -0.25) is 4.79 Å². The predicted molar refractivity (Wildman–Crippen MR) is 109 cm³/mol. The third kappa shape index (κ3) is 3.48. The molecular weight excluding hydrogens is 374 g/mol. The number of hydrogen-bond donors (Lipinski definition) is 1. The minimum Gasteiger partial charge on any atom is -0.324 e.